The van der Waals surface area contributed by atoms with Crippen molar-refractivity contribution in [2.75, 3.05) is 7.05 Å². The molecule has 0 radical (unpaired) electrons. The Kier molecular flexibility index (Phi) is 2.79. The van der Waals surface area contributed by atoms with E-state index >= 15 is 0 Å². The Bertz CT molecular complexity index is 606. The molecule has 82 valence electrons. The molecular formula is C12H11NO2S. The van der Waals surface area contributed by atoms with Gasteiger partial charge in [0, 0.05) is 0 Å². The molecule has 2 rings (SSSR count). The number of fused-ring (bicyclic) bond motifs is 1. The fraction of sp³-hybridized carbons (Fsp3) is 0.0833. The summed E-state index contributed by atoms with van der Waals surface area (Å²) in [4.78, 5) is 0.272. The van der Waals surface area contributed by atoms with Gasteiger partial charge in [-0.1, -0.05) is 18.2 Å². The first-order valence-electron chi connectivity index (χ1n) is 4.80. The van der Waals surface area contributed by atoms with E-state index in [2.05, 4.69) is 10.5 Å². The van der Waals surface area contributed by atoms with Crippen LogP contribution in [-0.2, 0) is 10.0 Å². The van der Waals surface area contributed by atoms with Crippen LogP contribution in [0.1, 0.15) is 11.1 Å². The minimum Gasteiger partial charge on any atom is -0.214 e. The maximum Gasteiger partial charge on any atom is 0.240 e. The highest BCUT2D eigenvalue weighted by molar-refractivity contribution is 7.89. The quantitative estimate of drug-likeness (QED) is 0.792. The number of sulfonamides is 1. The number of nitrogens with one attached hydrogen (secondary N) is 1. The molecule has 0 saturated carbocycles. The van der Waals surface area contributed by atoms with Gasteiger partial charge in [0.05, 0.1) is 4.90 Å². The van der Waals surface area contributed by atoms with E-state index in [0.717, 1.165) is 11.1 Å². The van der Waals surface area contributed by atoms with Gasteiger partial charge in [-0.3, -0.25) is 0 Å². The number of hydrogen-bond acceptors (Lipinski definition) is 2. The summed E-state index contributed by atoms with van der Waals surface area (Å²) >= 11 is 0. The molecule has 0 amide bonds. The van der Waals surface area contributed by atoms with Gasteiger partial charge in [0.15, 0.2) is 0 Å². The molecule has 0 bridgehead atoms. The standard InChI is InChI=1S/C12H11NO2S/c1-13-16(14,15)12-8-7-10-5-3-2-4-6-11(10)9-12/h2,4-9,13H,1H3. The van der Waals surface area contributed by atoms with Crippen LogP contribution < -0.4 is 4.72 Å². The Hall–Kier alpha value is -1.61. The molecule has 4 heteroatoms. The van der Waals surface area contributed by atoms with Crippen molar-refractivity contribution >= 4 is 22.2 Å². The first-order chi connectivity index (χ1) is 7.63. The SMILES string of the molecule is CNS(=O)(=O)c1ccc2c(c1)C=CC=C=C2. The summed E-state index contributed by atoms with van der Waals surface area (Å²) < 4.78 is 25.5. The van der Waals surface area contributed by atoms with Crippen molar-refractivity contribution in [3.8, 4) is 0 Å². The lowest BCUT2D eigenvalue weighted by molar-refractivity contribution is 0.588. The highest BCUT2D eigenvalue weighted by atomic mass is 32.2. The van der Waals surface area contributed by atoms with Crippen LogP contribution >= 0.6 is 0 Å². The summed E-state index contributed by atoms with van der Waals surface area (Å²) in [7, 11) is -1.97. The van der Waals surface area contributed by atoms with Crippen molar-refractivity contribution in [3.63, 3.8) is 0 Å². The first-order valence-corrected chi connectivity index (χ1v) is 6.28. The predicted octanol–water partition coefficient (Wildman–Crippen LogP) is 1.79. The van der Waals surface area contributed by atoms with E-state index in [0.29, 0.717) is 0 Å². The molecule has 1 N–H and O–H groups in total. The Labute approximate surface area is 94.9 Å². The van der Waals surface area contributed by atoms with Crippen molar-refractivity contribution in [3.05, 3.63) is 47.2 Å². The summed E-state index contributed by atoms with van der Waals surface area (Å²) in [5.74, 6) is 0. The smallest absolute Gasteiger partial charge is 0.214 e. The van der Waals surface area contributed by atoms with E-state index in [1.54, 1.807) is 24.3 Å². The van der Waals surface area contributed by atoms with E-state index < -0.39 is 10.0 Å². The molecule has 1 aliphatic carbocycles. The number of benzene rings is 1. The molecule has 0 heterocycles. The van der Waals surface area contributed by atoms with E-state index in [1.165, 1.54) is 7.05 Å². The monoisotopic (exact) mass is 233 g/mol. The fourth-order valence-electron chi connectivity index (χ4n) is 1.46. The van der Waals surface area contributed by atoms with E-state index in [9.17, 15) is 8.42 Å². The van der Waals surface area contributed by atoms with Gasteiger partial charge in [-0.15, -0.1) is 5.73 Å². The molecule has 0 atom stereocenters. The molecule has 0 saturated heterocycles. The highest BCUT2D eigenvalue weighted by Crippen LogP contribution is 2.19. The lowest BCUT2D eigenvalue weighted by Crippen LogP contribution is -2.18. The van der Waals surface area contributed by atoms with Crippen LogP contribution in [-0.4, -0.2) is 15.5 Å². The van der Waals surface area contributed by atoms with Crippen molar-refractivity contribution in [1.82, 2.24) is 4.72 Å². The van der Waals surface area contributed by atoms with Gasteiger partial charge in [0.2, 0.25) is 10.0 Å². The van der Waals surface area contributed by atoms with Gasteiger partial charge in [0.1, 0.15) is 0 Å². The molecular weight excluding hydrogens is 222 g/mol. The Balaban J connectivity index is 2.58. The maximum absolute atomic E-state index is 11.6. The van der Waals surface area contributed by atoms with Gasteiger partial charge in [-0.2, -0.15) is 0 Å². The van der Waals surface area contributed by atoms with Gasteiger partial charge in [-0.05, 0) is 42.5 Å². The second-order valence-corrected chi connectivity index (χ2v) is 5.22. The van der Waals surface area contributed by atoms with Crippen LogP contribution in [0.3, 0.4) is 0 Å². The topological polar surface area (TPSA) is 46.2 Å². The molecule has 0 aromatic heterocycles. The molecule has 1 aromatic carbocycles. The zero-order chi connectivity index (χ0) is 11.6. The number of rotatable bonds is 2. The summed E-state index contributed by atoms with van der Waals surface area (Å²) in [6, 6.07) is 5.01. The van der Waals surface area contributed by atoms with Crippen LogP contribution in [0.4, 0.5) is 0 Å². The Morgan fingerprint density at radius 3 is 2.81 bits per heavy atom. The molecule has 0 aliphatic heterocycles. The van der Waals surface area contributed by atoms with Gasteiger partial charge in [-0.25, -0.2) is 13.1 Å². The average Bonchev–Trinajstić information content (AvgIpc) is 2.53. The van der Waals surface area contributed by atoms with E-state index in [-0.39, 0.29) is 4.90 Å². The highest BCUT2D eigenvalue weighted by Gasteiger charge is 2.12. The average molecular weight is 233 g/mol. The minimum absolute atomic E-state index is 0.272. The molecule has 1 aliphatic rings. The minimum atomic E-state index is -3.37. The molecule has 0 fully saturated rings. The first kappa shape index (κ1) is 10.9. The third-order valence-corrected chi connectivity index (χ3v) is 3.76. The van der Waals surface area contributed by atoms with E-state index in [4.69, 9.17) is 0 Å². The summed E-state index contributed by atoms with van der Waals surface area (Å²) in [6.07, 6.45) is 7.30. The lowest BCUT2D eigenvalue weighted by Gasteiger charge is -2.05. The van der Waals surface area contributed by atoms with Gasteiger partial charge in [0.25, 0.3) is 0 Å². The van der Waals surface area contributed by atoms with Crippen molar-refractivity contribution in [2.45, 2.75) is 4.90 Å². The van der Waals surface area contributed by atoms with Gasteiger partial charge < -0.3 is 0 Å². The third kappa shape index (κ3) is 1.99. The third-order valence-electron chi connectivity index (χ3n) is 2.34. The zero-order valence-electron chi connectivity index (χ0n) is 8.77. The zero-order valence-corrected chi connectivity index (χ0v) is 9.58. The molecule has 0 spiro atoms. The summed E-state index contributed by atoms with van der Waals surface area (Å²) in [6.45, 7) is 0. The van der Waals surface area contributed by atoms with Crippen LogP contribution in [0.2, 0.25) is 0 Å². The Morgan fingerprint density at radius 2 is 2.06 bits per heavy atom. The van der Waals surface area contributed by atoms with Crippen LogP contribution in [0.5, 0.6) is 0 Å². The van der Waals surface area contributed by atoms with Crippen molar-refractivity contribution in [2.24, 2.45) is 0 Å². The number of hydrogen-bond donors (Lipinski definition) is 1. The van der Waals surface area contributed by atoms with Crippen LogP contribution in [0.15, 0.2) is 41.0 Å². The normalized spacial score (nSPS) is 13.6. The second-order valence-electron chi connectivity index (χ2n) is 3.34. The number of allylic oxidation sites excluding steroid dienone is 2. The maximum atomic E-state index is 11.6. The fourth-order valence-corrected chi connectivity index (χ4v) is 2.22. The summed E-state index contributed by atoms with van der Waals surface area (Å²) in [5.41, 5.74) is 4.80. The molecule has 16 heavy (non-hydrogen) atoms. The molecule has 0 unspecified atom stereocenters. The lowest BCUT2D eigenvalue weighted by atomic mass is 10.1. The Morgan fingerprint density at radius 1 is 1.25 bits per heavy atom. The van der Waals surface area contributed by atoms with Crippen molar-refractivity contribution in [1.29, 1.82) is 0 Å². The predicted molar refractivity (Wildman–Crippen MR) is 64.3 cm³/mol. The molecule has 1 aromatic rings. The van der Waals surface area contributed by atoms with E-state index in [1.807, 2.05) is 18.2 Å². The largest absolute Gasteiger partial charge is 0.240 e. The van der Waals surface area contributed by atoms with Crippen LogP contribution in [0, 0.1) is 0 Å². The molecule has 3 nitrogen and oxygen atoms in total. The van der Waals surface area contributed by atoms with Gasteiger partial charge >= 0.3 is 0 Å². The second kappa shape index (κ2) is 4.10. The van der Waals surface area contributed by atoms with Crippen molar-refractivity contribution < 1.29 is 8.42 Å². The van der Waals surface area contributed by atoms with Crippen LogP contribution in [0.25, 0.3) is 12.2 Å². The summed E-state index contributed by atoms with van der Waals surface area (Å²) in [5, 5.41) is 0.